The van der Waals surface area contributed by atoms with Gasteiger partial charge in [0, 0.05) is 35.2 Å². The molecule has 1 saturated heterocycles. The second kappa shape index (κ2) is 7.01. The van der Waals surface area contributed by atoms with E-state index in [1.54, 1.807) is 13.8 Å². The first-order valence-corrected chi connectivity index (χ1v) is 12.7. The van der Waals surface area contributed by atoms with Crippen molar-refractivity contribution in [2.45, 2.75) is 79.9 Å². The molecule has 1 aliphatic heterocycles. The molecule has 36 heavy (non-hydrogen) atoms. The zero-order valence-corrected chi connectivity index (χ0v) is 22.3. The molecule has 5 rings (SSSR count). The minimum absolute atomic E-state index is 0.121. The number of aliphatic hydroxyl groups is 1. The van der Waals surface area contributed by atoms with E-state index in [0.717, 1.165) is 0 Å². The Balaban J connectivity index is 1.79. The predicted octanol–water partition coefficient (Wildman–Crippen LogP) is 3.83. The van der Waals surface area contributed by atoms with Gasteiger partial charge in [-0.25, -0.2) is 0 Å². The summed E-state index contributed by atoms with van der Waals surface area (Å²) in [6, 6.07) is 0. The highest BCUT2D eigenvalue weighted by Crippen LogP contribution is 2.79. The number of carbonyl (C=O) groups excluding carboxylic acids is 4. The summed E-state index contributed by atoms with van der Waals surface area (Å²) in [5, 5.41) is 11.3. The molecule has 3 unspecified atom stereocenters. The van der Waals surface area contributed by atoms with E-state index in [2.05, 4.69) is 0 Å². The Morgan fingerprint density at radius 2 is 1.78 bits per heavy atom. The van der Waals surface area contributed by atoms with E-state index >= 15 is 0 Å². The summed E-state index contributed by atoms with van der Waals surface area (Å²) in [6.45, 7) is 12.4. The molecule has 0 aromatic heterocycles. The van der Waals surface area contributed by atoms with Gasteiger partial charge >= 0.3 is 17.9 Å². The molecule has 0 aromatic carbocycles. The van der Waals surface area contributed by atoms with Crippen LogP contribution in [-0.4, -0.2) is 48.1 Å². The molecule has 3 fully saturated rings. The van der Waals surface area contributed by atoms with Crippen molar-refractivity contribution in [1.82, 2.24) is 0 Å². The lowest BCUT2D eigenvalue weighted by molar-refractivity contribution is -0.216. The van der Waals surface area contributed by atoms with Gasteiger partial charge in [-0.1, -0.05) is 32.4 Å². The third-order valence-corrected chi connectivity index (χ3v) is 11.0. The van der Waals surface area contributed by atoms with Crippen LogP contribution in [0.5, 0.6) is 0 Å². The molecule has 8 atom stereocenters. The smallest absolute Gasteiger partial charge is 0.321 e. The molecule has 1 heterocycles. The van der Waals surface area contributed by atoms with Crippen LogP contribution in [0.2, 0.25) is 0 Å². The summed E-state index contributed by atoms with van der Waals surface area (Å²) in [5.41, 5.74) is -4.90. The number of fused-ring (bicyclic) bond motifs is 3. The molecule has 196 valence electrons. The molecule has 0 radical (unpaired) electrons. The van der Waals surface area contributed by atoms with E-state index in [0.29, 0.717) is 18.4 Å². The molecular formula is C28H36O8. The van der Waals surface area contributed by atoms with E-state index in [1.807, 2.05) is 33.8 Å². The van der Waals surface area contributed by atoms with Crippen molar-refractivity contribution in [2.24, 2.45) is 38.9 Å². The fourth-order valence-corrected chi connectivity index (χ4v) is 9.58. The Bertz CT molecular complexity index is 1180. The van der Waals surface area contributed by atoms with Crippen LogP contribution >= 0.6 is 0 Å². The second-order valence-electron chi connectivity index (χ2n) is 12.5. The summed E-state index contributed by atoms with van der Waals surface area (Å²) >= 11 is 0. The van der Waals surface area contributed by atoms with Crippen molar-refractivity contribution < 1.29 is 38.5 Å². The first kappa shape index (κ1) is 25.0. The van der Waals surface area contributed by atoms with Gasteiger partial charge in [-0.3, -0.25) is 19.2 Å². The van der Waals surface area contributed by atoms with Gasteiger partial charge in [-0.05, 0) is 40.0 Å². The number of hydrogen-bond acceptors (Lipinski definition) is 8. The number of ether oxygens (including phenoxy) is 3. The summed E-state index contributed by atoms with van der Waals surface area (Å²) in [7, 11) is 1.26. The molecule has 0 amide bonds. The van der Waals surface area contributed by atoms with E-state index in [4.69, 9.17) is 14.2 Å². The Morgan fingerprint density at radius 1 is 1.14 bits per heavy atom. The van der Waals surface area contributed by atoms with Crippen molar-refractivity contribution in [3.63, 3.8) is 0 Å². The summed E-state index contributed by atoms with van der Waals surface area (Å²) in [6.07, 6.45) is 2.14. The van der Waals surface area contributed by atoms with Crippen molar-refractivity contribution in [3.8, 4) is 0 Å². The first-order valence-electron chi connectivity index (χ1n) is 12.7. The van der Waals surface area contributed by atoms with Gasteiger partial charge in [0.25, 0.3) is 0 Å². The number of rotatable bonds is 2. The zero-order chi connectivity index (χ0) is 26.8. The molecular weight excluding hydrogens is 464 g/mol. The molecule has 5 aliphatic rings. The molecule has 4 aliphatic carbocycles. The van der Waals surface area contributed by atoms with Crippen LogP contribution in [-0.2, 0) is 33.4 Å². The Hall–Kier alpha value is -2.64. The van der Waals surface area contributed by atoms with Gasteiger partial charge < -0.3 is 19.3 Å². The number of hydrogen-bond donors (Lipinski definition) is 1. The Labute approximate surface area is 211 Å². The number of allylic oxidation sites excluding steroid dienone is 3. The largest absolute Gasteiger partial charge is 0.511 e. The maximum absolute atomic E-state index is 14.1. The lowest BCUT2D eigenvalue weighted by Gasteiger charge is -2.66. The molecule has 2 saturated carbocycles. The first-order chi connectivity index (χ1) is 16.6. The SMILES string of the molecule is COC(=O)[C@]12C(=O)C(C)=C(O)[C@@]1(C)C(C)=CC1[C@@]34CC[C@@H](OC(C)=O)C(C)(C)C3C(C[C@]12C)OC4=O. The van der Waals surface area contributed by atoms with Crippen molar-refractivity contribution >= 4 is 23.7 Å². The fourth-order valence-electron chi connectivity index (χ4n) is 9.58. The predicted molar refractivity (Wildman–Crippen MR) is 127 cm³/mol. The summed E-state index contributed by atoms with van der Waals surface area (Å²) in [5.74, 6) is -2.77. The third kappa shape index (κ3) is 2.29. The van der Waals surface area contributed by atoms with E-state index < -0.39 is 50.8 Å². The van der Waals surface area contributed by atoms with Crippen molar-refractivity contribution in [3.05, 3.63) is 23.0 Å². The molecule has 8 heteroatoms. The van der Waals surface area contributed by atoms with Crippen LogP contribution in [0.1, 0.15) is 67.7 Å². The number of carbonyl (C=O) groups is 4. The van der Waals surface area contributed by atoms with Gasteiger partial charge in [0.15, 0.2) is 11.2 Å². The van der Waals surface area contributed by atoms with Gasteiger partial charge in [0.05, 0.1) is 17.9 Å². The third-order valence-electron chi connectivity index (χ3n) is 11.0. The minimum Gasteiger partial charge on any atom is -0.511 e. The molecule has 1 N–H and O–H groups in total. The van der Waals surface area contributed by atoms with Gasteiger partial charge in [0.2, 0.25) is 0 Å². The van der Waals surface area contributed by atoms with E-state index in [9.17, 15) is 24.3 Å². The summed E-state index contributed by atoms with van der Waals surface area (Å²) < 4.78 is 17.1. The average molecular weight is 501 g/mol. The van der Waals surface area contributed by atoms with Gasteiger partial charge in [-0.2, -0.15) is 0 Å². The average Bonchev–Trinajstić information content (AvgIpc) is 3.12. The van der Waals surface area contributed by atoms with Crippen LogP contribution in [0.25, 0.3) is 0 Å². The highest BCUT2D eigenvalue weighted by atomic mass is 16.6. The van der Waals surface area contributed by atoms with Crippen LogP contribution < -0.4 is 0 Å². The minimum atomic E-state index is -1.74. The van der Waals surface area contributed by atoms with E-state index in [1.165, 1.54) is 14.0 Å². The molecule has 8 nitrogen and oxygen atoms in total. The zero-order valence-electron chi connectivity index (χ0n) is 22.3. The summed E-state index contributed by atoms with van der Waals surface area (Å²) in [4.78, 5) is 53.7. The number of aliphatic hydroxyl groups excluding tert-OH is 1. The van der Waals surface area contributed by atoms with Crippen LogP contribution in [0, 0.1) is 38.9 Å². The Morgan fingerprint density at radius 3 is 2.36 bits per heavy atom. The molecule has 0 spiro atoms. The Kier molecular flexibility index (Phi) is 4.88. The van der Waals surface area contributed by atoms with Crippen LogP contribution in [0.3, 0.4) is 0 Å². The lowest BCUT2D eigenvalue weighted by Crippen LogP contribution is -2.71. The number of esters is 3. The van der Waals surface area contributed by atoms with E-state index in [-0.39, 0.29) is 41.7 Å². The number of ketones is 1. The maximum Gasteiger partial charge on any atom is 0.321 e. The topological polar surface area (TPSA) is 116 Å². The maximum atomic E-state index is 14.1. The van der Waals surface area contributed by atoms with Gasteiger partial charge in [0.1, 0.15) is 18.0 Å². The normalized spacial score (nSPS) is 46.3. The second-order valence-corrected chi connectivity index (χ2v) is 12.5. The van der Waals surface area contributed by atoms with Crippen LogP contribution in [0.4, 0.5) is 0 Å². The lowest BCUT2D eigenvalue weighted by atomic mass is 9.33. The quantitative estimate of drug-likeness (QED) is 0.263. The number of methoxy groups -OCH3 is 1. The monoisotopic (exact) mass is 500 g/mol. The highest BCUT2D eigenvalue weighted by molar-refractivity contribution is 6.17. The van der Waals surface area contributed by atoms with Crippen molar-refractivity contribution in [2.75, 3.05) is 7.11 Å². The number of Topliss-reactive ketones (excluding diaryl/α,β-unsaturated/α-hetero) is 1. The fraction of sp³-hybridized carbons (Fsp3) is 0.714. The highest BCUT2D eigenvalue weighted by Gasteiger charge is 2.84. The van der Waals surface area contributed by atoms with Crippen LogP contribution in [0.15, 0.2) is 23.0 Å². The molecule has 2 bridgehead atoms. The molecule has 0 aromatic rings. The van der Waals surface area contributed by atoms with Gasteiger partial charge in [-0.15, -0.1) is 0 Å². The standard InChI is InChI=1S/C28H36O8/c1-13-11-17-25(6,28(23(33)34-8)21(31)14(2)20(30)26(13,28)7)12-16-19-24(4,5)18(35-15(3)29)9-10-27(17,19)22(32)36-16/h11,16-19,30H,9-10,12H2,1-8H3/t16?,17?,18-,19?,25-,26-,27+,28+/m1/s1. The van der Waals surface area contributed by atoms with Crippen molar-refractivity contribution in [1.29, 1.82) is 0 Å².